The lowest BCUT2D eigenvalue weighted by Crippen LogP contribution is -2.52. The Bertz CT molecular complexity index is 1670. The van der Waals surface area contributed by atoms with Crippen molar-refractivity contribution in [3.63, 3.8) is 0 Å². The molecule has 17 heteroatoms. The predicted octanol–water partition coefficient (Wildman–Crippen LogP) is 2.58. The zero-order valence-corrected chi connectivity index (χ0v) is 26.9. The zero-order chi connectivity index (χ0) is 34.0. The lowest BCUT2D eigenvalue weighted by Gasteiger charge is -2.37. The first-order chi connectivity index (χ1) is 22.2. The number of hydrogen-bond donors (Lipinski definition) is 2. The number of carbonyl (C=O) groups is 4. The maximum absolute atomic E-state index is 13.9. The molecule has 0 bridgehead atoms. The quantitative estimate of drug-likeness (QED) is 0.392. The first-order valence-corrected chi connectivity index (χ1v) is 15.4. The molecule has 252 valence electrons. The third-order valence-electron chi connectivity index (χ3n) is 8.32. The zero-order valence-electron chi connectivity index (χ0n) is 26.1. The van der Waals surface area contributed by atoms with Crippen LogP contribution in [0.15, 0.2) is 30.6 Å². The van der Waals surface area contributed by atoms with E-state index in [9.17, 15) is 32.3 Å². The summed E-state index contributed by atoms with van der Waals surface area (Å²) in [4.78, 5) is 60.0. The van der Waals surface area contributed by atoms with Crippen LogP contribution in [0.4, 0.5) is 18.9 Å². The molecule has 2 aromatic heterocycles. The van der Waals surface area contributed by atoms with Crippen LogP contribution in [-0.4, -0.2) is 111 Å². The number of rotatable bonds is 7. The number of anilines is 1. The van der Waals surface area contributed by atoms with Crippen molar-refractivity contribution in [2.24, 2.45) is 13.0 Å². The second-order valence-electron chi connectivity index (χ2n) is 11.7. The van der Waals surface area contributed by atoms with Crippen molar-refractivity contribution in [1.29, 1.82) is 0 Å². The predicted molar refractivity (Wildman–Crippen MR) is 166 cm³/mol. The van der Waals surface area contributed by atoms with E-state index in [4.69, 9.17) is 11.6 Å². The molecular weight excluding hydrogens is 643 g/mol. The molecule has 4 amide bonds. The highest BCUT2D eigenvalue weighted by atomic mass is 35.5. The van der Waals surface area contributed by atoms with Crippen LogP contribution < -0.4 is 10.6 Å². The minimum absolute atomic E-state index is 0.00874. The molecule has 0 aliphatic carbocycles. The van der Waals surface area contributed by atoms with Crippen LogP contribution in [0, 0.1) is 5.92 Å². The number of hydrogen-bond acceptors (Lipinski definition) is 7. The Morgan fingerprint density at radius 2 is 1.72 bits per heavy atom. The van der Waals surface area contributed by atoms with Crippen molar-refractivity contribution >= 4 is 40.9 Å². The number of imidazole rings is 1. The van der Waals surface area contributed by atoms with Gasteiger partial charge >= 0.3 is 6.18 Å². The maximum Gasteiger partial charge on any atom is 0.435 e. The standard InChI is InChI=1S/C30H35ClF3N9O4/c1-39(2)24(44)17-43-16-21(25(38-43)30(32,33)34)23-15-36-26(40(23)3)27(45)37-19-4-5-20(22(31)14-19)29(47)42-12-10-41(11-13-42)28(46)18-6-8-35-9-7-18/h4-5,14-16,18,35H,6-13,17H2,1-3H3,(H,37,45). The van der Waals surface area contributed by atoms with Crippen LogP contribution in [0.25, 0.3) is 11.3 Å². The summed E-state index contributed by atoms with van der Waals surface area (Å²) in [5.74, 6) is -1.54. The van der Waals surface area contributed by atoms with Gasteiger partial charge in [-0.25, -0.2) is 4.98 Å². The smallest absolute Gasteiger partial charge is 0.347 e. The fourth-order valence-electron chi connectivity index (χ4n) is 5.63. The molecule has 0 unspecified atom stereocenters. The van der Waals surface area contributed by atoms with Crippen molar-refractivity contribution in [3.8, 4) is 11.3 Å². The van der Waals surface area contributed by atoms with E-state index in [0.717, 1.165) is 43.0 Å². The number of halogens is 4. The summed E-state index contributed by atoms with van der Waals surface area (Å²) in [6.07, 6.45) is -1.01. The summed E-state index contributed by atoms with van der Waals surface area (Å²) in [5, 5.41) is 9.54. The highest BCUT2D eigenvalue weighted by Crippen LogP contribution is 2.36. The maximum atomic E-state index is 13.9. The fourth-order valence-corrected chi connectivity index (χ4v) is 5.89. The van der Waals surface area contributed by atoms with Gasteiger partial charge in [-0.3, -0.25) is 23.9 Å². The molecule has 2 aliphatic rings. The normalized spacial score (nSPS) is 15.9. The van der Waals surface area contributed by atoms with Gasteiger partial charge in [0.15, 0.2) is 11.5 Å². The summed E-state index contributed by atoms with van der Waals surface area (Å²) in [6.45, 7) is 2.85. The Kier molecular flexibility index (Phi) is 9.91. The van der Waals surface area contributed by atoms with Crippen molar-refractivity contribution in [2.45, 2.75) is 25.6 Å². The molecule has 2 aliphatic heterocycles. The second-order valence-corrected chi connectivity index (χ2v) is 12.1. The van der Waals surface area contributed by atoms with E-state index in [0.29, 0.717) is 26.2 Å². The van der Waals surface area contributed by atoms with Gasteiger partial charge in [0.2, 0.25) is 11.8 Å². The van der Waals surface area contributed by atoms with Gasteiger partial charge in [-0.05, 0) is 44.1 Å². The fraction of sp³-hybridized carbons (Fsp3) is 0.467. The summed E-state index contributed by atoms with van der Waals surface area (Å²) < 4.78 is 43.7. The third-order valence-corrected chi connectivity index (χ3v) is 8.63. The Labute approximate surface area is 273 Å². The van der Waals surface area contributed by atoms with Gasteiger partial charge in [-0.1, -0.05) is 11.6 Å². The molecule has 2 fully saturated rings. The first kappa shape index (κ1) is 33.9. The van der Waals surface area contributed by atoms with Crippen molar-refractivity contribution in [3.05, 3.63) is 52.7 Å². The van der Waals surface area contributed by atoms with Gasteiger partial charge in [-0.2, -0.15) is 18.3 Å². The summed E-state index contributed by atoms with van der Waals surface area (Å²) in [6, 6.07) is 4.38. The van der Waals surface area contributed by atoms with Crippen LogP contribution in [0.2, 0.25) is 5.02 Å². The Hall–Kier alpha value is -4.44. The Morgan fingerprint density at radius 1 is 1.06 bits per heavy atom. The monoisotopic (exact) mass is 677 g/mol. The van der Waals surface area contributed by atoms with Gasteiger partial charge in [0, 0.05) is 65.1 Å². The Balaban J connectivity index is 1.25. The van der Waals surface area contributed by atoms with E-state index < -0.39 is 30.2 Å². The van der Waals surface area contributed by atoms with Crippen LogP contribution in [0.1, 0.15) is 39.5 Å². The molecule has 13 nitrogen and oxygen atoms in total. The minimum atomic E-state index is -4.83. The molecule has 2 N–H and O–H groups in total. The molecule has 0 atom stereocenters. The van der Waals surface area contributed by atoms with Gasteiger partial charge in [-0.15, -0.1) is 0 Å². The number of piperidine rings is 1. The van der Waals surface area contributed by atoms with E-state index in [2.05, 4.69) is 20.7 Å². The molecule has 5 rings (SSSR count). The van der Waals surface area contributed by atoms with Gasteiger partial charge < -0.3 is 29.9 Å². The molecule has 3 aromatic rings. The van der Waals surface area contributed by atoms with Crippen LogP contribution in [0.3, 0.4) is 0 Å². The number of benzene rings is 1. The Morgan fingerprint density at radius 3 is 2.34 bits per heavy atom. The molecular formula is C30H35ClF3N9O4. The van der Waals surface area contributed by atoms with E-state index in [1.54, 1.807) is 4.90 Å². The number of nitrogens with zero attached hydrogens (tertiary/aromatic N) is 7. The van der Waals surface area contributed by atoms with Crippen LogP contribution in [0.5, 0.6) is 0 Å². The van der Waals surface area contributed by atoms with Crippen LogP contribution in [-0.2, 0) is 29.4 Å². The number of nitrogens with one attached hydrogen (secondary N) is 2. The number of amides is 4. The highest BCUT2D eigenvalue weighted by molar-refractivity contribution is 6.34. The van der Waals surface area contributed by atoms with Gasteiger partial charge in [0.1, 0.15) is 6.54 Å². The third kappa shape index (κ3) is 7.43. The van der Waals surface area contributed by atoms with Gasteiger partial charge in [0.25, 0.3) is 11.8 Å². The van der Waals surface area contributed by atoms with Crippen molar-refractivity contribution < 1.29 is 32.3 Å². The van der Waals surface area contributed by atoms with E-state index in [1.165, 1.54) is 48.8 Å². The molecule has 2 saturated heterocycles. The van der Waals surface area contributed by atoms with E-state index in [-0.39, 0.29) is 51.1 Å². The molecule has 0 saturated carbocycles. The number of piperazine rings is 1. The first-order valence-electron chi connectivity index (χ1n) is 15.0. The number of alkyl halides is 3. The summed E-state index contributed by atoms with van der Waals surface area (Å²) in [7, 11) is 4.34. The average molecular weight is 678 g/mol. The SMILES string of the molecule is CN(C)C(=O)Cn1cc(-c2cnc(C(=O)Nc3ccc(C(=O)N4CCN(C(=O)C5CCNCC5)CC4)c(Cl)c3)n2C)c(C(F)(F)F)n1. The molecule has 0 spiro atoms. The largest absolute Gasteiger partial charge is 0.435 e. The number of aromatic nitrogens is 4. The molecule has 0 radical (unpaired) electrons. The lowest BCUT2D eigenvalue weighted by molar-refractivity contribution is -0.141. The minimum Gasteiger partial charge on any atom is -0.347 e. The molecule has 1 aromatic carbocycles. The number of carbonyl (C=O) groups excluding carboxylic acids is 4. The van der Waals surface area contributed by atoms with E-state index in [1.807, 2.05) is 4.90 Å². The average Bonchev–Trinajstić information content (AvgIpc) is 3.64. The highest BCUT2D eigenvalue weighted by Gasteiger charge is 2.39. The van der Waals surface area contributed by atoms with Gasteiger partial charge in [0.05, 0.1) is 28.0 Å². The number of likely N-dealkylation sites (N-methyl/N-ethyl adjacent to an activating group) is 1. The summed E-state index contributed by atoms with van der Waals surface area (Å²) >= 11 is 6.45. The van der Waals surface area contributed by atoms with E-state index >= 15 is 0 Å². The topological polar surface area (TPSA) is 138 Å². The summed E-state index contributed by atoms with van der Waals surface area (Å²) in [5.41, 5.74) is -1.14. The van der Waals surface area contributed by atoms with Crippen LogP contribution >= 0.6 is 11.6 Å². The lowest BCUT2D eigenvalue weighted by atomic mass is 9.96. The molecule has 47 heavy (non-hydrogen) atoms. The second kappa shape index (κ2) is 13.7. The molecule has 4 heterocycles. The van der Waals surface area contributed by atoms with Crippen molar-refractivity contribution in [2.75, 3.05) is 58.7 Å². The van der Waals surface area contributed by atoms with Crippen molar-refractivity contribution in [1.82, 2.24) is 39.3 Å².